The number of nitrogens with one attached hydrogen (secondary N) is 1. The van der Waals surface area contributed by atoms with Crippen LogP contribution in [0, 0.1) is 0 Å². The minimum Gasteiger partial charge on any atom is -0.497 e. The van der Waals surface area contributed by atoms with Crippen molar-refractivity contribution in [2.75, 3.05) is 30.8 Å². The van der Waals surface area contributed by atoms with Gasteiger partial charge in [-0.3, -0.25) is 13.9 Å². The number of carbonyl (C=O) groups is 2. The summed E-state index contributed by atoms with van der Waals surface area (Å²) in [7, 11) is -2.34. The Morgan fingerprint density at radius 2 is 1.42 bits per heavy atom. The molecular formula is C35H39N3O6S. The second-order valence-electron chi connectivity index (χ2n) is 10.5. The first-order chi connectivity index (χ1) is 21.7. The van der Waals surface area contributed by atoms with Crippen LogP contribution in [0.25, 0.3) is 0 Å². The lowest BCUT2D eigenvalue weighted by Crippen LogP contribution is -2.53. The maximum Gasteiger partial charge on any atom is 0.244 e. The van der Waals surface area contributed by atoms with Crippen molar-refractivity contribution in [3.63, 3.8) is 0 Å². The van der Waals surface area contributed by atoms with Crippen LogP contribution in [-0.4, -0.2) is 57.6 Å². The number of rotatable bonds is 15. The predicted molar refractivity (Wildman–Crippen MR) is 176 cm³/mol. The molecule has 4 aromatic carbocycles. The molecule has 0 spiro atoms. The van der Waals surface area contributed by atoms with Gasteiger partial charge in [-0.05, 0) is 60.0 Å². The van der Waals surface area contributed by atoms with Gasteiger partial charge in [0.25, 0.3) is 0 Å². The third-order valence-corrected chi connectivity index (χ3v) is 8.30. The second-order valence-corrected chi connectivity index (χ2v) is 12.4. The van der Waals surface area contributed by atoms with E-state index < -0.39 is 28.5 Å². The van der Waals surface area contributed by atoms with Crippen molar-refractivity contribution < 1.29 is 27.5 Å². The maximum absolute atomic E-state index is 14.2. The Labute approximate surface area is 265 Å². The summed E-state index contributed by atoms with van der Waals surface area (Å²) >= 11 is 0. The first-order valence-electron chi connectivity index (χ1n) is 14.7. The van der Waals surface area contributed by atoms with E-state index in [1.807, 2.05) is 73.7 Å². The monoisotopic (exact) mass is 629 g/mol. The standard InChI is InChI=1S/C35H39N3O6S/c1-4-36-35(40)33(23-27-12-7-5-8-13-27)37(24-29-16-11-17-32(22-29)43-2)34(39)25-38(45(3,41)42)30-18-20-31(21-19-30)44-26-28-14-9-6-10-15-28/h5-22,33H,4,23-26H2,1-3H3,(H,36,40). The van der Waals surface area contributed by atoms with Gasteiger partial charge in [-0.1, -0.05) is 72.8 Å². The fourth-order valence-corrected chi connectivity index (χ4v) is 5.73. The van der Waals surface area contributed by atoms with Gasteiger partial charge in [0.15, 0.2) is 0 Å². The Balaban J connectivity index is 1.64. The zero-order valence-electron chi connectivity index (χ0n) is 25.8. The van der Waals surface area contributed by atoms with Crippen LogP contribution in [0.2, 0.25) is 0 Å². The SMILES string of the molecule is CCNC(=O)C(Cc1ccccc1)N(Cc1cccc(OC)c1)C(=O)CN(c1ccc(OCc2ccccc2)cc1)S(C)(=O)=O. The Hall–Kier alpha value is -4.83. The van der Waals surface area contributed by atoms with Crippen molar-refractivity contribution in [3.05, 3.63) is 126 Å². The highest BCUT2D eigenvalue weighted by molar-refractivity contribution is 7.92. The first kappa shape index (κ1) is 33.1. The average molecular weight is 630 g/mol. The topological polar surface area (TPSA) is 105 Å². The number of nitrogens with zero attached hydrogens (tertiary/aromatic N) is 2. The molecule has 1 N–H and O–H groups in total. The quantitative estimate of drug-likeness (QED) is 0.202. The molecule has 2 amide bonds. The first-order valence-corrected chi connectivity index (χ1v) is 16.5. The number of anilines is 1. The van der Waals surface area contributed by atoms with Gasteiger partial charge >= 0.3 is 0 Å². The molecule has 0 aliphatic rings. The lowest BCUT2D eigenvalue weighted by Gasteiger charge is -2.33. The van der Waals surface area contributed by atoms with Crippen LogP contribution >= 0.6 is 0 Å². The van der Waals surface area contributed by atoms with E-state index in [1.54, 1.807) is 49.6 Å². The van der Waals surface area contributed by atoms with Crippen LogP contribution in [0.15, 0.2) is 109 Å². The predicted octanol–water partition coefficient (Wildman–Crippen LogP) is 4.82. The molecule has 1 atom stereocenters. The van der Waals surface area contributed by atoms with Crippen molar-refractivity contribution >= 4 is 27.5 Å². The fraction of sp³-hybridized carbons (Fsp3) is 0.257. The molecule has 0 aliphatic heterocycles. The molecular weight excluding hydrogens is 590 g/mol. The van der Waals surface area contributed by atoms with Crippen LogP contribution in [0.3, 0.4) is 0 Å². The summed E-state index contributed by atoms with van der Waals surface area (Å²) in [5.74, 6) is 0.300. The highest BCUT2D eigenvalue weighted by atomic mass is 32.2. The summed E-state index contributed by atoms with van der Waals surface area (Å²) in [5, 5.41) is 2.85. The molecule has 9 nitrogen and oxygen atoms in total. The van der Waals surface area contributed by atoms with Crippen LogP contribution < -0.4 is 19.1 Å². The molecule has 0 aliphatic carbocycles. The number of hydrogen-bond donors (Lipinski definition) is 1. The lowest BCUT2D eigenvalue weighted by atomic mass is 10.0. The van der Waals surface area contributed by atoms with Crippen molar-refractivity contribution in [2.24, 2.45) is 0 Å². The molecule has 0 saturated heterocycles. The summed E-state index contributed by atoms with van der Waals surface area (Å²) in [6.07, 6.45) is 1.30. The van der Waals surface area contributed by atoms with Crippen molar-refractivity contribution in [1.82, 2.24) is 10.2 Å². The minimum absolute atomic E-state index is 0.0640. The molecule has 0 aromatic heterocycles. The van der Waals surface area contributed by atoms with Crippen molar-refractivity contribution in [1.29, 1.82) is 0 Å². The number of benzene rings is 4. The van der Waals surface area contributed by atoms with Crippen molar-refractivity contribution in [2.45, 2.75) is 32.5 Å². The molecule has 0 saturated carbocycles. The molecule has 0 bridgehead atoms. The number of methoxy groups -OCH3 is 1. The van der Waals surface area contributed by atoms with Crippen LogP contribution in [-0.2, 0) is 39.2 Å². The lowest BCUT2D eigenvalue weighted by molar-refractivity contribution is -0.140. The van der Waals surface area contributed by atoms with E-state index in [4.69, 9.17) is 9.47 Å². The molecule has 0 fully saturated rings. The minimum atomic E-state index is -3.89. The summed E-state index contributed by atoms with van der Waals surface area (Å²) in [6.45, 7) is 2.10. The van der Waals surface area contributed by atoms with Gasteiger partial charge in [0, 0.05) is 19.5 Å². The van der Waals surface area contributed by atoms with Gasteiger partial charge in [-0.2, -0.15) is 0 Å². The highest BCUT2D eigenvalue weighted by Gasteiger charge is 2.33. The molecule has 0 radical (unpaired) electrons. The Kier molecular flexibility index (Phi) is 11.6. The zero-order chi connectivity index (χ0) is 32.2. The smallest absolute Gasteiger partial charge is 0.244 e. The average Bonchev–Trinajstić information content (AvgIpc) is 3.05. The van der Waals surface area contributed by atoms with Crippen LogP contribution in [0.1, 0.15) is 23.6 Å². The third-order valence-electron chi connectivity index (χ3n) is 7.16. The molecule has 4 rings (SSSR count). The molecule has 1 unspecified atom stereocenters. The fourth-order valence-electron chi connectivity index (χ4n) is 4.88. The molecule has 4 aromatic rings. The second kappa shape index (κ2) is 15.8. The van der Waals surface area contributed by atoms with Gasteiger partial charge in [0.1, 0.15) is 30.7 Å². The zero-order valence-corrected chi connectivity index (χ0v) is 26.6. The van der Waals surface area contributed by atoms with E-state index >= 15 is 0 Å². The van der Waals surface area contributed by atoms with Gasteiger partial charge in [-0.25, -0.2) is 8.42 Å². The summed E-state index contributed by atoms with van der Waals surface area (Å²) in [6, 6.07) is 32.0. The van der Waals surface area contributed by atoms with E-state index in [2.05, 4.69) is 5.32 Å². The Bertz CT molecular complexity index is 1650. The van der Waals surface area contributed by atoms with E-state index in [-0.39, 0.29) is 18.9 Å². The Morgan fingerprint density at radius 1 is 0.800 bits per heavy atom. The van der Waals surface area contributed by atoms with Gasteiger partial charge < -0.3 is 19.7 Å². The summed E-state index contributed by atoms with van der Waals surface area (Å²) in [5.41, 5.74) is 2.90. The maximum atomic E-state index is 14.2. The molecule has 45 heavy (non-hydrogen) atoms. The largest absolute Gasteiger partial charge is 0.497 e. The van der Waals surface area contributed by atoms with Gasteiger partial charge in [0.05, 0.1) is 19.1 Å². The number of amides is 2. The number of likely N-dealkylation sites (N-methyl/N-ethyl adjacent to an activating group) is 1. The molecule has 10 heteroatoms. The van der Waals surface area contributed by atoms with E-state index in [1.165, 1.54) is 4.90 Å². The van der Waals surface area contributed by atoms with E-state index in [0.717, 1.165) is 27.3 Å². The third kappa shape index (κ3) is 9.58. The van der Waals surface area contributed by atoms with E-state index in [9.17, 15) is 18.0 Å². The molecule has 0 heterocycles. The number of carbonyl (C=O) groups excluding carboxylic acids is 2. The summed E-state index contributed by atoms with van der Waals surface area (Å²) < 4.78 is 38.4. The molecule has 236 valence electrons. The normalized spacial score (nSPS) is 11.7. The Morgan fingerprint density at radius 3 is 2.02 bits per heavy atom. The number of hydrogen-bond acceptors (Lipinski definition) is 6. The van der Waals surface area contributed by atoms with E-state index in [0.29, 0.717) is 30.3 Å². The summed E-state index contributed by atoms with van der Waals surface area (Å²) in [4.78, 5) is 29.1. The van der Waals surface area contributed by atoms with Crippen LogP contribution in [0.4, 0.5) is 5.69 Å². The van der Waals surface area contributed by atoms with Crippen molar-refractivity contribution in [3.8, 4) is 11.5 Å². The highest BCUT2D eigenvalue weighted by Crippen LogP contribution is 2.24. The van der Waals surface area contributed by atoms with Crippen LogP contribution in [0.5, 0.6) is 11.5 Å². The number of sulfonamides is 1. The van der Waals surface area contributed by atoms with Gasteiger partial charge in [0.2, 0.25) is 21.8 Å². The van der Waals surface area contributed by atoms with Gasteiger partial charge in [-0.15, -0.1) is 0 Å². The number of ether oxygens (including phenoxy) is 2.